The van der Waals surface area contributed by atoms with Crippen molar-refractivity contribution < 1.29 is 4.39 Å². The van der Waals surface area contributed by atoms with Crippen LogP contribution in [0.15, 0.2) is 34.8 Å². The van der Waals surface area contributed by atoms with E-state index in [1.807, 2.05) is 26.0 Å². The van der Waals surface area contributed by atoms with Crippen molar-refractivity contribution >= 4 is 15.9 Å². The Kier molecular flexibility index (Phi) is 4.29. The first-order chi connectivity index (χ1) is 9.01. The molecular formula is C14H15BrFN3. The van der Waals surface area contributed by atoms with Gasteiger partial charge in [0.2, 0.25) is 0 Å². The van der Waals surface area contributed by atoms with E-state index >= 15 is 0 Å². The summed E-state index contributed by atoms with van der Waals surface area (Å²) in [6.45, 7) is 3.81. The highest BCUT2D eigenvalue weighted by atomic mass is 79.9. The molecule has 0 saturated heterocycles. The number of aryl methyl sites for hydroxylation is 2. The van der Waals surface area contributed by atoms with Gasteiger partial charge in [0.1, 0.15) is 5.82 Å². The van der Waals surface area contributed by atoms with E-state index in [-0.39, 0.29) is 5.82 Å². The van der Waals surface area contributed by atoms with E-state index in [0.29, 0.717) is 5.56 Å². The molecule has 2 rings (SSSR count). The second-order valence-corrected chi connectivity index (χ2v) is 5.36. The van der Waals surface area contributed by atoms with Crippen LogP contribution < -0.4 is 11.3 Å². The number of nitrogens with zero attached hydrogens (tertiary/aromatic N) is 1. The van der Waals surface area contributed by atoms with Gasteiger partial charge in [0.15, 0.2) is 0 Å². The molecule has 2 aromatic rings. The normalized spacial score (nSPS) is 12.5. The third-order valence-corrected chi connectivity index (χ3v) is 3.37. The van der Waals surface area contributed by atoms with Crippen LogP contribution in [0.2, 0.25) is 0 Å². The molecule has 0 saturated carbocycles. The van der Waals surface area contributed by atoms with E-state index in [1.54, 1.807) is 12.1 Å². The molecule has 0 spiro atoms. The lowest BCUT2D eigenvalue weighted by Crippen LogP contribution is -2.29. The third kappa shape index (κ3) is 3.18. The number of pyridine rings is 1. The molecule has 1 atom stereocenters. The number of nitrogens with two attached hydrogens (primary N) is 1. The van der Waals surface area contributed by atoms with Crippen molar-refractivity contribution in [3.05, 3.63) is 63.1 Å². The zero-order chi connectivity index (χ0) is 14.0. The number of hydrazine groups is 1. The average molecular weight is 324 g/mol. The molecule has 1 aromatic heterocycles. The largest absolute Gasteiger partial charge is 0.271 e. The first kappa shape index (κ1) is 14.1. The number of hydrogen-bond acceptors (Lipinski definition) is 3. The molecule has 3 nitrogen and oxygen atoms in total. The van der Waals surface area contributed by atoms with E-state index < -0.39 is 6.04 Å². The maximum atomic E-state index is 14.0. The van der Waals surface area contributed by atoms with Gasteiger partial charge >= 0.3 is 0 Å². The highest BCUT2D eigenvalue weighted by molar-refractivity contribution is 9.10. The molecule has 0 fully saturated rings. The minimum atomic E-state index is -0.405. The summed E-state index contributed by atoms with van der Waals surface area (Å²) in [5.41, 5.74) is 5.82. The number of benzene rings is 1. The van der Waals surface area contributed by atoms with E-state index in [9.17, 15) is 4.39 Å². The lowest BCUT2D eigenvalue weighted by molar-refractivity contribution is 0.559. The minimum Gasteiger partial charge on any atom is -0.271 e. The Morgan fingerprint density at radius 2 is 1.84 bits per heavy atom. The third-order valence-electron chi connectivity index (χ3n) is 2.87. The Balaban J connectivity index is 2.52. The second-order valence-electron chi connectivity index (χ2n) is 4.45. The van der Waals surface area contributed by atoms with Crippen LogP contribution in [0.25, 0.3) is 0 Å². The number of halogens is 2. The highest BCUT2D eigenvalue weighted by Crippen LogP contribution is 2.27. The lowest BCUT2D eigenvalue weighted by Gasteiger charge is -2.18. The summed E-state index contributed by atoms with van der Waals surface area (Å²) in [6.07, 6.45) is 0. The minimum absolute atomic E-state index is 0.293. The fraction of sp³-hybridized carbons (Fsp3) is 0.214. The highest BCUT2D eigenvalue weighted by Gasteiger charge is 2.17. The van der Waals surface area contributed by atoms with Gasteiger partial charge in [0.25, 0.3) is 0 Å². The molecule has 1 unspecified atom stereocenters. The lowest BCUT2D eigenvalue weighted by atomic mass is 9.98. The zero-order valence-electron chi connectivity index (χ0n) is 10.7. The van der Waals surface area contributed by atoms with Crippen molar-refractivity contribution in [1.82, 2.24) is 10.4 Å². The van der Waals surface area contributed by atoms with Crippen molar-refractivity contribution in [3.63, 3.8) is 0 Å². The number of rotatable bonds is 3. The Morgan fingerprint density at radius 3 is 2.42 bits per heavy atom. The number of nitrogens with one attached hydrogen (secondary N) is 1. The predicted octanol–water partition coefficient (Wildman–Crippen LogP) is 3.15. The summed E-state index contributed by atoms with van der Waals surface area (Å²) in [6, 6.07) is 8.21. The number of aromatic nitrogens is 1. The molecule has 0 amide bonds. The topological polar surface area (TPSA) is 50.9 Å². The Bertz CT molecular complexity index is 581. The van der Waals surface area contributed by atoms with Crippen molar-refractivity contribution in [1.29, 1.82) is 0 Å². The van der Waals surface area contributed by atoms with Gasteiger partial charge < -0.3 is 0 Å². The fourth-order valence-corrected chi connectivity index (χ4v) is 2.51. The van der Waals surface area contributed by atoms with E-state index in [2.05, 4.69) is 26.3 Å². The summed E-state index contributed by atoms with van der Waals surface area (Å²) in [4.78, 5) is 4.31. The van der Waals surface area contributed by atoms with Crippen molar-refractivity contribution in [2.75, 3.05) is 0 Å². The van der Waals surface area contributed by atoms with Gasteiger partial charge in [0, 0.05) is 21.4 Å². The molecule has 100 valence electrons. The van der Waals surface area contributed by atoms with Crippen LogP contribution in [0.4, 0.5) is 4.39 Å². The first-order valence-electron chi connectivity index (χ1n) is 5.87. The van der Waals surface area contributed by atoms with Crippen LogP contribution in [0.5, 0.6) is 0 Å². The molecule has 19 heavy (non-hydrogen) atoms. The van der Waals surface area contributed by atoms with E-state index in [0.717, 1.165) is 21.4 Å². The van der Waals surface area contributed by atoms with Crippen molar-refractivity contribution in [2.45, 2.75) is 19.9 Å². The average Bonchev–Trinajstić information content (AvgIpc) is 2.33. The Hall–Kier alpha value is -1.30. The summed E-state index contributed by atoms with van der Waals surface area (Å²) in [5, 5.41) is 0. The molecule has 1 aromatic carbocycles. The van der Waals surface area contributed by atoms with Gasteiger partial charge in [-0.2, -0.15) is 0 Å². The second kappa shape index (κ2) is 5.77. The Labute approximate surface area is 120 Å². The van der Waals surface area contributed by atoms with Crippen molar-refractivity contribution in [2.24, 2.45) is 5.84 Å². The maximum absolute atomic E-state index is 14.0. The Morgan fingerprint density at radius 1 is 1.21 bits per heavy atom. The van der Waals surface area contributed by atoms with Crippen LogP contribution in [-0.2, 0) is 0 Å². The van der Waals surface area contributed by atoms with Crippen LogP contribution in [-0.4, -0.2) is 4.98 Å². The van der Waals surface area contributed by atoms with Crippen LogP contribution >= 0.6 is 15.9 Å². The smallest absolute Gasteiger partial charge is 0.128 e. The summed E-state index contributed by atoms with van der Waals surface area (Å²) < 4.78 is 14.8. The van der Waals surface area contributed by atoms with Crippen LogP contribution in [0, 0.1) is 19.7 Å². The maximum Gasteiger partial charge on any atom is 0.128 e. The van der Waals surface area contributed by atoms with Gasteiger partial charge in [-0.15, -0.1) is 0 Å². The van der Waals surface area contributed by atoms with Gasteiger partial charge in [-0.05, 0) is 49.7 Å². The van der Waals surface area contributed by atoms with Crippen molar-refractivity contribution in [3.8, 4) is 0 Å². The van der Waals surface area contributed by atoms with Gasteiger partial charge in [-0.1, -0.05) is 15.9 Å². The predicted molar refractivity (Wildman–Crippen MR) is 77.0 cm³/mol. The summed E-state index contributed by atoms with van der Waals surface area (Å²) >= 11 is 3.35. The SMILES string of the molecule is Cc1cc(C(NN)c2cc(Br)ccc2F)cc(C)n1. The molecule has 0 bridgehead atoms. The molecular weight excluding hydrogens is 309 g/mol. The standard InChI is InChI=1S/C14H15BrFN3/c1-8-5-10(6-9(2)18-8)14(19-17)12-7-11(15)3-4-13(12)16/h3-7,14,19H,17H2,1-2H3. The van der Waals surface area contributed by atoms with Crippen LogP contribution in [0.1, 0.15) is 28.6 Å². The van der Waals surface area contributed by atoms with Gasteiger partial charge in [0.05, 0.1) is 6.04 Å². The molecule has 0 radical (unpaired) electrons. The molecule has 0 aliphatic carbocycles. The first-order valence-corrected chi connectivity index (χ1v) is 6.67. The van der Waals surface area contributed by atoms with Gasteiger partial charge in [-0.25, -0.2) is 9.82 Å². The molecule has 0 aliphatic rings. The van der Waals surface area contributed by atoms with Crippen LogP contribution in [0.3, 0.4) is 0 Å². The van der Waals surface area contributed by atoms with E-state index in [4.69, 9.17) is 5.84 Å². The zero-order valence-corrected chi connectivity index (χ0v) is 12.3. The molecule has 0 aliphatic heterocycles. The molecule has 5 heteroatoms. The summed E-state index contributed by atoms with van der Waals surface area (Å²) in [5.74, 6) is 5.31. The quantitative estimate of drug-likeness (QED) is 0.674. The molecule has 3 N–H and O–H groups in total. The summed E-state index contributed by atoms with van der Waals surface area (Å²) in [7, 11) is 0. The fourth-order valence-electron chi connectivity index (χ4n) is 2.13. The number of hydrogen-bond donors (Lipinski definition) is 2. The van der Waals surface area contributed by atoms with Gasteiger partial charge in [-0.3, -0.25) is 10.8 Å². The molecule has 1 heterocycles. The van der Waals surface area contributed by atoms with E-state index in [1.165, 1.54) is 6.07 Å². The monoisotopic (exact) mass is 323 g/mol.